The number of nitrogens with zero attached hydrogens (tertiary/aromatic N) is 2. The number of rotatable bonds is 5. The molecule has 0 spiro atoms. The minimum absolute atomic E-state index is 0.101. The highest BCUT2D eigenvalue weighted by atomic mass is 16.5. The van der Waals surface area contributed by atoms with Crippen molar-refractivity contribution in [2.75, 3.05) is 13.7 Å². The van der Waals surface area contributed by atoms with E-state index in [0.717, 1.165) is 34.1 Å². The van der Waals surface area contributed by atoms with Crippen molar-refractivity contribution in [3.05, 3.63) is 71.2 Å². The van der Waals surface area contributed by atoms with Crippen molar-refractivity contribution in [1.29, 1.82) is 0 Å². The molecular formula is C23H25N3O2. The van der Waals surface area contributed by atoms with Crippen molar-refractivity contribution in [1.82, 2.24) is 14.9 Å². The summed E-state index contributed by atoms with van der Waals surface area (Å²) in [5.74, 6) is 2.00. The smallest absolute Gasteiger partial charge is 0.223 e. The van der Waals surface area contributed by atoms with Gasteiger partial charge in [-0.1, -0.05) is 29.8 Å². The van der Waals surface area contributed by atoms with Crippen LogP contribution in [0, 0.1) is 13.8 Å². The third kappa shape index (κ3) is 3.65. The topological polar surface area (TPSA) is 58.2 Å². The van der Waals surface area contributed by atoms with Crippen LogP contribution in [0.15, 0.2) is 48.5 Å². The number of carbonyl (C=O) groups is 1. The van der Waals surface area contributed by atoms with Crippen LogP contribution >= 0.6 is 0 Å². The molecule has 1 aliphatic rings. The highest BCUT2D eigenvalue weighted by molar-refractivity contribution is 5.79. The number of H-pyrrole nitrogens is 1. The summed E-state index contributed by atoms with van der Waals surface area (Å²) in [5.41, 5.74) is 5.38. The number of ether oxygens (including phenoxy) is 1. The van der Waals surface area contributed by atoms with Gasteiger partial charge in [0.25, 0.3) is 0 Å². The summed E-state index contributed by atoms with van der Waals surface area (Å²) in [4.78, 5) is 22.7. The standard InChI is InChI=1S/C23H25N3O2/c1-15-4-6-17(7-5-15)13-26-14-19(12-21(26)27)23-24-16(2)22(25-23)18-8-10-20(28-3)11-9-18/h4-11,19H,12-14H2,1-3H3,(H,24,25)/t19-/m0/s1. The molecule has 0 unspecified atom stereocenters. The molecule has 1 aromatic heterocycles. The maximum absolute atomic E-state index is 12.5. The highest BCUT2D eigenvalue weighted by Gasteiger charge is 2.32. The third-order valence-electron chi connectivity index (χ3n) is 5.36. The number of imidazole rings is 1. The monoisotopic (exact) mass is 375 g/mol. The number of carbonyl (C=O) groups excluding carboxylic acids is 1. The molecule has 0 aliphatic carbocycles. The van der Waals surface area contributed by atoms with E-state index >= 15 is 0 Å². The van der Waals surface area contributed by atoms with Gasteiger partial charge in [-0.3, -0.25) is 4.79 Å². The lowest BCUT2D eigenvalue weighted by Crippen LogP contribution is -2.24. The van der Waals surface area contributed by atoms with Crippen molar-refractivity contribution < 1.29 is 9.53 Å². The summed E-state index contributed by atoms with van der Waals surface area (Å²) in [7, 11) is 1.66. The minimum Gasteiger partial charge on any atom is -0.497 e. The molecule has 1 saturated heterocycles. The molecule has 3 aromatic rings. The molecule has 0 saturated carbocycles. The lowest BCUT2D eigenvalue weighted by Gasteiger charge is -2.16. The van der Waals surface area contributed by atoms with Gasteiger partial charge in [0.05, 0.1) is 12.8 Å². The summed E-state index contributed by atoms with van der Waals surface area (Å²) in [6, 6.07) is 16.2. The van der Waals surface area contributed by atoms with Gasteiger partial charge in [-0.2, -0.15) is 0 Å². The number of aryl methyl sites for hydroxylation is 2. The van der Waals surface area contributed by atoms with Crippen molar-refractivity contribution in [2.45, 2.75) is 32.7 Å². The second-order valence-electron chi connectivity index (χ2n) is 7.49. The van der Waals surface area contributed by atoms with E-state index in [9.17, 15) is 4.79 Å². The first kappa shape index (κ1) is 18.3. The van der Waals surface area contributed by atoms with Crippen molar-refractivity contribution >= 4 is 5.91 Å². The molecule has 4 rings (SSSR count). The Morgan fingerprint density at radius 3 is 2.50 bits per heavy atom. The number of hydrogen-bond donors (Lipinski definition) is 1. The molecule has 0 radical (unpaired) electrons. The van der Waals surface area contributed by atoms with Crippen molar-refractivity contribution in [3.8, 4) is 17.0 Å². The van der Waals surface area contributed by atoms with E-state index in [1.807, 2.05) is 36.1 Å². The third-order valence-corrected chi connectivity index (χ3v) is 5.36. The van der Waals surface area contributed by atoms with Gasteiger partial charge < -0.3 is 14.6 Å². The average molecular weight is 375 g/mol. The van der Waals surface area contributed by atoms with E-state index in [4.69, 9.17) is 9.72 Å². The summed E-state index contributed by atoms with van der Waals surface area (Å²) in [5, 5.41) is 0. The molecule has 1 fully saturated rings. The first-order valence-electron chi connectivity index (χ1n) is 9.57. The van der Waals surface area contributed by atoms with E-state index in [1.165, 1.54) is 5.56 Å². The van der Waals surface area contributed by atoms with Crippen LogP contribution < -0.4 is 4.74 Å². The van der Waals surface area contributed by atoms with E-state index in [-0.39, 0.29) is 11.8 Å². The number of likely N-dealkylation sites (tertiary alicyclic amines) is 1. The minimum atomic E-state index is 0.101. The summed E-state index contributed by atoms with van der Waals surface area (Å²) >= 11 is 0. The van der Waals surface area contributed by atoms with E-state index in [2.05, 4.69) is 36.2 Å². The fourth-order valence-corrected chi connectivity index (χ4v) is 3.73. The molecule has 0 bridgehead atoms. The van der Waals surface area contributed by atoms with Crippen molar-refractivity contribution in [3.63, 3.8) is 0 Å². The lowest BCUT2D eigenvalue weighted by atomic mass is 10.1. The average Bonchev–Trinajstić information content (AvgIpc) is 3.26. The van der Waals surface area contributed by atoms with Crippen LogP contribution in [0.3, 0.4) is 0 Å². The maximum Gasteiger partial charge on any atom is 0.223 e. The molecule has 2 aromatic carbocycles. The SMILES string of the molecule is COc1ccc(-c2nc([C@H]3CC(=O)N(Cc4ccc(C)cc4)C3)[nH]c2C)cc1. The molecule has 5 heteroatoms. The zero-order valence-electron chi connectivity index (χ0n) is 16.5. The van der Waals surface area contributed by atoms with Gasteiger partial charge in [0.2, 0.25) is 5.91 Å². The fourth-order valence-electron chi connectivity index (χ4n) is 3.73. The van der Waals surface area contributed by atoms with E-state index in [0.29, 0.717) is 19.5 Å². The molecule has 2 heterocycles. The van der Waals surface area contributed by atoms with Gasteiger partial charge in [0, 0.05) is 36.7 Å². The lowest BCUT2D eigenvalue weighted by molar-refractivity contribution is -0.128. The first-order valence-corrected chi connectivity index (χ1v) is 9.57. The van der Waals surface area contributed by atoms with Gasteiger partial charge in [0.15, 0.2) is 0 Å². The van der Waals surface area contributed by atoms with E-state index < -0.39 is 0 Å². The van der Waals surface area contributed by atoms with Gasteiger partial charge in [-0.15, -0.1) is 0 Å². The molecule has 1 N–H and O–H groups in total. The predicted octanol–water partition coefficient (Wildman–Crippen LogP) is 4.22. The molecule has 1 amide bonds. The molecule has 28 heavy (non-hydrogen) atoms. The number of methoxy groups -OCH3 is 1. The zero-order chi connectivity index (χ0) is 19.7. The first-order chi connectivity index (χ1) is 13.5. The van der Waals surface area contributed by atoms with Crippen LogP contribution in [0.2, 0.25) is 0 Å². The van der Waals surface area contributed by atoms with Crippen LogP contribution in [0.1, 0.15) is 35.0 Å². The van der Waals surface area contributed by atoms with Gasteiger partial charge in [-0.25, -0.2) is 4.98 Å². The van der Waals surface area contributed by atoms with Gasteiger partial charge in [0.1, 0.15) is 11.6 Å². The number of amides is 1. The van der Waals surface area contributed by atoms with Crippen molar-refractivity contribution in [2.24, 2.45) is 0 Å². The second kappa shape index (κ2) is 7.50. The number of nitrogens with one attached hydrogen (secondary N) is 1. The second-order valence-corrected chi connectivity index (χ2v) is 7.49. The Kier molecular flexibility index (Phi) is 4.90. The van der Waals surface area contributed by atoms with Gasteiger partial charge >= 0.3 is 0 Å². The van der Waals surface area contributed by atoms with Gasteiger partial charge in [-0.05, 0) is 43.7 Å². The normalized spacial score (nSPS) is 16.6. The van der Waals surface area contributed by atoms with Crippen LogP contribution in [-0.4, -0.2) is 34.4 Å². The summed E-state index contributed by atoms with van der Waals surface area (Å²) in [6.45, 7) is 5.44. The van der Waals surface area contributed by atoms with Crippen LogP contribution in [-0.2, 0) is 11.3 Å². The number of benzene rings is 2. The highest BCUT2D eigenvalue weighted by Crippen LogP contribution is 2.31. The Labute approximate surface area is 165 Å². The van der Waals surface area contributed by atoms with Crippen LogP contribution in [0.4, 0.5) is 0 Å². The zero-order valence-corrected chi connectivity index (χ0v) is 16.5. The predicted molar refractivity (Wildman–Crippen MR) is 109 cm³/mol. The van der Waals surface area contributed by atoms with Crippen LogP contribution in [0.5, 0.6) is 5.75 Å². The maximum atomic E-state index is 12.5. The largest absolute Gasteiger partial charge is 0.497 e. The van der Waals surface area contributed by atoms with Crippen LogP contribution in [0.25, 0.3) is 11.3 Å². The Morgan fingerprint density at radius 2 is 1.82 bits per heavy atom. The van der Waals surface area contributed by atoms with E-state index in [1.54, 1.807) is 7.11 Å². The molecule has 1 aliphatic heterocycles. The number of hydrogen-bond acceptors (Lipinski definition) is 3. The Balaban J connectivity index is 1.50. The Hall–Kier alpha value is -3.08. The number of aromatic nitrogens is 2. The quantitative estimate of drug-likeness (QED) is 0.726. The summed E-state index contributed by atoms with van der Waals surface area (Å²) in [6.07, 6.45) is 0.501. The number of aromatic amines is 1. The molecule has 144 valence electrons. The molecule has 5 nitrogen and oxygen atoms in total. The fraction of sp³-hybridized carbons (Fsp3) is 0.304. The molecule has 1 atom stereocenters. The Morgan fingerprint density at radius 1 is 1.11 bits per heavy atom. The molecular weight excluding hydrogens is 350 g/mol. The Bertz CT molecular complexity index is 974. The summed E-state index contributed by atoms with van der Waals surface area (Å²) < 4.78 is 5.23.